The number of anilines is 1. The second kappa shape index (κ2) is 7.57. The van der Waals surface area contributed by atoms with Crippen molar-refractivity contribution >= 4 is 21.6 Å². The number of halogens is 1. The average molecular weight is 450 g/mol. The number of nitrogens with one attached hydrogen (secondary N) is 1. The number of nitrogens with zero attached hydrogens (tertiary/aromatic N) is 3. The van der Waals surface area contributed by atoms with Crippen molar-refractivity contribution in [1.29, 1.82) is 0 Å². The molecule has 166 valence electrons. The molecular weight excluding hydrogens is 425 g/mol. The van der Waals surface area contributed by atoms with Gasteiger partial charge >= 0.3 is 6.03 Å². The fourth-order valence-corrected chi connectivity index (χ4v) is 5.56. The van der Waals surface area contributed by atoms with Crippen LogP contribution in [0.3, 0.4) is 0 Å². The largest absolute Gasteiger partial charge is 0.474 e. The maximum Gasteiger partial charge on any atom is 0.354 e. The Morgan fingerprint density at radius 1 is 1.35 bits per heavy atom. The van der Waals surface area contributed by atoms with Gasteiger partial charge in [0.05, 0.1) is 12.7 Å². The highest BCUT2D eigenvalue weighted by atomic mass is 32.2. The highest BCUT2D eigenvalue weighted by Crippen LogP contribution is 2.42. The van der Waals surface area contributed by atoms with Crippen LogP contribution >= 0.6 is 0 Å². The van der Waals surface area contributed by atoms with Crippen molar-refractivity contribution in [3.63, 3.8) is 0 Å². The second-order valence-corrected chi connectivity index (χ2v) is 9.69. The molecule has 2 aromatic rings. The summed E-state index contributed by atoms with van der Waals surface area (Å²) in [5.41, 5.74) is 3.55. The minimum Gasteiger partial charge on any atom is -0.474 e. The summed E-state index contributed by atoms with van der Waals surface area (Å²) in [6.07, 6.45) is 4.68. The lowest BCUT2D eigenvalue weighted by Crippen LogP contribution is -2.33. The Hall–Kier alpha value is -2.50. The van der Waals surface area contributed by atoms with Gasteiger partial charge in [0, 0.05) is 12.3 Å². The number of amides is 2. The van der Waals surface area contributed by atoms with Gasteiger partial charge < -0.3 is 14.8 Å². The number of aromatic nitrogens is 2. The normalized spacial score (nSPS) is 20.5. The van der Waals surface area contributed by atoms with Crippen molar-refractivity contribution in [2.45, 2.75) is 56.6 Å². The third-order valence-corrected chi connectivity index (χ3v) is 7.40. The smallest absolute Gasteiger partial charge is 0.354 e. The summed E-state index contributed by atoms with van der Waals surface area (Å²) in [6.45, 7) is 3.12. The van der Waals surface area contributed by atoms with Gasteiger partial charge in [-0.3, -0.25) is 0 Å². The number of carbonyl (C=O) groups is 1. The van der Waals surface area contributed by atoms with E-state index >= 15 is 0 Å². The van der Waals surface area contributed by atoms with Crippen molar-refractivity contribution < 1.29 is 22.9 Å². The predicted octanol–water partition coefficient (Wildman–Crippen LogP) is 2.34. The Bertz CT molecular complexity index is 1200. The molecule has 0 saturated carbocycles. The number of carbonyl (C=O) groups excluding carboxylic acids is 1. The Labute approximate surface area is 179 Å². The lowest BCUT2D eigenvalue weighted by molar-refractivity contribution is -0.00758. The molecule has 0 spiro atoms. The lowest BCUT2D eigenvalue weighted by Gasteiger charge is -2.26. The molecule has 2 heterocycles. The fourth-order valence-electron chi connectivity index (χ4n) is 4.56. The zero-order chi connectivity index (χ0) is 21.8. The Kier molecular flexibility index (Phi) is 4.98. The third kappa shape index (κ3) is 3.40. The van der Waals surface area contributed by atoms with Crippen molar-refractivity contribution in [2.24, 2.45) is 9.50 Å². The van der Waals surface area contributed by atoms with Crippen LogP contribution < -0.4 is 15.2 Å². The number of benzene rings is 1. The number of fused-ring (bicyclic) bond motifs is 3. The van der Waals surface area contributed by atoms with Gasteiger partial charge in [-0.15, -0.1) is 4.36 Å². The zero-order valence-corrected chi connectivity index (χ0v) is 18.0. The lowest BCUT2D eigenvalue weighted by atomic mass is 9.83. The Balaban J connectivity index is 1.43. The molecule has 5 rings (SSSR count). The van der Waals surface area contributed by atoms with E-state index in [9.17, 15) is 13.4 Å². The van der Waals surface area contributed by atoms with Gasteiger partial charge in [-0.05, 0) is 61.3 Å². The fraction of sp³-hybridized carbons (Fsp3) is 0.500. The molecule has 1 aromatic carbocycles. The summed E-state index contributed by atoms with van der Waals surface area (Å²) in [7, 11) is -3.59. The van der Waals surface area contributed by atoms with Crippen LogP contribution in [0.5, 0.6) is 5.88 Å². The molecule has 2 unspecified atom stereocenters. The van der Waals surface area contributed by atoms with Crippen LogP contribution in [0.25, 0.3) is 0 Å². The van der Waals surface area contributed by atoms with Crippen LogP contribution in [0.2, 0.25) is 0 Å². The molecule has 0 bridgehead atoms. The van der Waals surface area contributed by atoms with E-state index in [4.69, 9.17) is 14.6 Å². The molecule has 11 heteroatoms. The highest BCUT2D eigenvalue weighted by Gasteiger charge is 2.32. The third-order valence-electron chi connectivity index (χ3n) is 6.05. The minimum atomic E-state index is -3.59. The molecule has 2 amide bonds. The van der Waals surface area contributed by atoms with E-state index in [-0.39, 0.29) is 29.3 Å². The first-order chi connectivity index (χ1) is 14.9. The molecule has 31 heavy (non-hydrogen) atoms. The number of urea groups is 1. The molecule has 2 atom stereocenters. The average Bonchev–Trinajstić information content (AvgIpc) is 3.33. The van der Waals surface area contributed by atoms with Gasteiger partial charge in [0.1, 0.15) is 23.4 Å². The Morgan fingerprint density at radius 2 is 2.06 bits per heavy atom. The molecular formula is C20H24FN5O4S. The maximum atomic E-state index is 14.6. The summed E-state index contributed by atoms with van der Waals surface area (Å²) in [6, 6.07) is -0.828. The van der Waals surface area contributed by atoms with E-state index in [0.717, 1.165) is 17.5 Å². The van der Waals surface area contributed by atoms with Crippen molar-refractivity contribution in [3.05, 3.63) is 34.3 Å². The van der Waals surface area contributed by atoms with Crippen LogP contribution in [-0.2, 0) is 46.9 Å². The van der Waals surface area contributed by atoms with E-state index < -0.39 is 15.9 Å². The molecule has 0 fully saturated rings. The van der Waals surface area contributed by atoms with Gasteiger partial charge in [0.2, 0.25) is 5.88 Å². The van der Waals surface area contributed by atoms with E-state index in [1.807, 2.05) is 6.92 Å². The molecule has 3 N–H and O–H groups in total. The Morgan fingerprint density at radius 3 is 2.81 bits per heavy atom. The van der Waals surface area contributed by atoms with Gasteiger partial charge in [0.15, 0.2) is 9.92 Å². The van der Waals surface area contributed by atoms with Crippen molar-refractivity contribution in [2.75, 3.05) is 18.5 Å². The molecule has 9 nitrogen and oxygen atoms in total. The topological polar surface area (TPSA) is 121 Å². The van der Waals surface area contributed by atoms with E-state index in [1.165, 1.54) is 10.9 Å². The number of ether oxygens (including phenoxy) is 2. The summed E-state index contributed by atoms with van der Waals surface area (Å²) in [4.78, 5) is 12.7. The minimum absolute atomic E-state index is 0.0648. The maximum absolute atomic E-state index is 14.6. The second-order valence-electron chi connectivity index (χ2n) is 7.93. The van der Waals surface area contributed by atoms with Crippen LogP contribution in [0.15, 0.2) is 15.5 Å². The zero-order valence-electron chi connectivity index (χ0n) is 17.1. The number of nitrogens with two attached hydrogens (primary N) is 1. The number of rotatable bonds is 4. The SMILES string of the molecule is CCOC1COc2c(S(N)(=O)=NC(=O)Nc3c4c(c(F)c5c3CC5)CCC4)cnn2C1. The first-order valence-corrected chi connectivity index (χ1v) is 12.0. The molecule has 0 radical (unpaired) electrons. The molecule has 2 aliphatic carbocycles. The van der Waals surface area contributed by atoms with Crippen molar-refractivity contribution in [1.82, 2.24) is 9.78 Å². The van der Waals surface area contributed by atoms with Gasteiger partial charge in [-0.25, -0.2) is 23.2 Å². The monoisotopic (exact) mass is 449 g/mol. The predicted molar refractivity (Wildman–Crippen MR) is 111 cm³/mol. The molecule has 1 aliphatic heterocycles. The molecule has 3 aliphatic rings. The van der Waals surface area contributed by atoms with Gasteiger partial charge in [-0.2, -0.15) is 5.10 Å². The quantitative estimate of drug-likeness (QED) is 0.742. The van der Waals surface area contributed by atoms with Crippen LogP contribution in [0.4, 0.5) is 14.9 Å². The van der Waals surface area contributed by atoms with Crippen LogP contribution in [0.1, 0.15) is 35.6 Å². The molecule has 1 aromatic heterocycles. The number of hydrogen-bond donors (Lipinski definition) is 2. The van der Waals surface area contributed by atoms with E-state index in [0.29, 0.717) is 55.6 Å². The summed E-state index contributed by atoms with van der Waals surface area (Å²) in [5.74, 6) is 0.0899. The summed E-state index contributed by atoms with van der Waals surface area (Å²) >= 11 is 0. The summed E-state index contributed by atoms with van der Waals surface area (Å²) < 4.78 is 44.1. The van der Waals surface area contributed by atoms with E-state index in [1.54, 1.807) is 0 Å². The first kappa shape index (κ1) is 20.4. The molecule has 0 saturated heterocycles. The first-order valence-electron chi connectivity index (χ1n) is 10.4. The van der Waals surface area contributed by atoms with Gasteiger partial charge in [0.25, 0.3) is 0 Å². The van der Waals surface area contributed by atoms with Crippen molar-refractivity contribution in [3.8, 4) is 5.88 Å². The van der Waals surface area contributed by atoms with Crippen LogP contribution in [0, 0.1) is 5.82 Å². The number of hydrogen-bond acceptors (Lipinski definition) is 5. The van der Waals surface area contributed by atoms with Gasteiger partial charge in [-0.1, -0.05) is 0 Å². The summed E-state index contributed by atoms with van der Waals surface area (Å²) in [5, 5.41) is 12.8. The van der Waals surface area contributed by atoms with E-state index in [2.05, 4.69) is 14.8 Å². The standard InChI is InChI=1S/C20H24FN5O4S/c1-2-29-11-9-26-19(30-10-11)16(8-23-26)31(22,28)25-20(27)24-18-14-5-3-4-12(14)17(21)13-6-7-15(13)18/h8,11H,2-7,9-10H2,1H3,(H3,22,24,25,27,28). The highest BCUT2D eigenvalue weighted by molar-refractivity contribution is 7.91. The van der Waals surface area contributed by atoms with Crippen LogP contribution in [-0.4, -0.2) is 39.3 Å².